The van der Waals surface area contributed by atoms with Crippen molar-refractivity contribution in [2.75, 3.05) is 12.4 Å². The van der Waals surface area contributed by atoms with Gasteiger partial charge in [-0.05, 0) is 13.0 Å². The van der Waals surface area contributed by atoms with Crippen molar-refractivity contribution in [3.8, 4) is 11.3 Å². The maximum absolute atomic E-state index is 12.8. The topological polar surface area (TPSA) is 76.5 Å². The number of fused-ring (bicyclic) bond motifs is 1. The van der Waals surface area contributed by atoms with E-state index in [0.29, 0.717) is 34.4 Å². The molecule has 1 heterocycles. The van der Waals surface area contributed by atoms with E-state index in [2.05, 4.69) is 0 Å². The number of halogens is 1. The van der Waals surface area contributed by atoms with E-state index < -0.39 is 6.03 Å². The molecule has 0 radical (unpaired) electrons. The van der Waals surface area contributed by atoms with E-state index in [0.717, 1.165) is 5.56 Å². The van der Waals surface area contributed by atoms with Crippen molar-refractivity contribution in [2.24, 2.45) is 5.73 Å². The Hall–Kier alpha value is -2.79. The summed E-state index contributed by atoms with van der Waals surface area (Å²) in [7, 11) is 0. The Morgan fingerprint density at radius 1 is 1.15 bits per heavy atom. The van der Waals surface area contributed by atoms with Gasteiger partial charge in [0.25, 0.3) is 0 Å². The molecule has 1 aromatic heterocycles. The van der Waals surface area contributed by atoms with Crippen molar-refractivity contribution in [1.82, 2.24) is 4.90 Å². The Morgan fingerprint density at radius 2 is 1.88 bits per heavy atom. The fraction of sp³-hybridized carbons (Fsp3) is 0.200. The molecule has 0 aliphatic carbocycles. The number of primary amides is 1. The van der Waals surface area contributed by atoms with E-state index in [1.807, 2.05) is 36.4 Å². The summed E-state index contributed by atoms with van der Waals surface area (Å²) in [5.74, 6) is 0.796. The molecule has 0 saturated heterocycles. The van der Waals surface area contributed by atoms with Gasteiger partial charge in [0.2, 0.25) is 0 Å². The third kappa shape index (κ3) is 3.44. The van der Waals surface area contributed by atoms with E-state index in [1.165, 1.54) is 4.90 Å². The summed E-state index contributed by atoms with van der Waals surface area (Å²) in [5, 5.41) is 0.481. The van der Waals surface area contributed by atoms with Crippen LogP contribution in [0.3, 0.4) is 0 Å². The summed E-state index contributed by atoms with van der Waals surface area (Å²) < 4.78 is 6.14. The number of rotatable bonds is 5. The van der Waals surface area contributed by atoms with Crippen LogP contribution < -0.4 is 11.2 Å². The Balaban J connectivity index is 2.18. The minimum Gasteiger partial charge on any atom is -0.455 e. The molecule has 2 aromatic carbocycles. The molecule has 5 nitrogen and oxygen atoms in total. The third-order valence-corrected chi connectivity index (χ3v) is 4.46. The number of alkyl halides is 1. The van der Waals surface area contributed by atoms with E-state index in [1.54, 1.807) is 19.1 Å². The molecule has 0 spiro atoms. The van der Waals surface area contributed by atoms with Crippen LogP contribution in [0.2, 0.25) is 0 Å². The van der Waals surface area contributed by atoms with Crippen molar-refractivity contribution in [3.05, 3.63) is 69.9 Å². The Labute approximate surface area is 156 Å². The highest BCUT2D eigenvalue weighted by molar-refractivity contribution is 6.18. The first-order valence-corrected chi connectivity index (χ1v) is 8.77. The highest BCUT2D eigenvalue weighted by Gasteiger charge is 2.17. The van der Waals surface area contributed by atoms with Crippen LogP contribution in [0.5, 0.6) is 0 Å². The number of benzene rings is 2. The van der Waals surface area contributed by atoms with E-state index in [4.69, 9.17) is 21.8 Å². The molecule has 0 unspecified atom stereocenters. The fourth-order valence-corrected chi connectivity index (χ4v) is 3.14. The van der Waals surface area contributed by atoms with Gasteiger partial charge in [0, 0.05) is 29.1 Å². The van der Waals surface area contributed by atoms with Gasteiger partial charge in [-0.1, -0.05) is 42.5 Å². The molecule has 6 heteroatoms. The van der Waals surface area contributed by atoms with Crippen LogP contribution in [-0.4, -0.2) is 23.4 Å². The van der Waals surface area contributed by atoms with Gasteiger partial charge in [-0.25, -0.2) is 4.79 Å². The largest absolute Gasteiger partial charge is 0.455 e. The third-order valence-electron chi connectivity index (χ3n) is 4.29. The molecular formula is C20H19ClN2O3. The quantitative estimate of drug-likeness (QED) is 0.692. The summed E-state index contributed by atoms with van der Waals surface area (Å²) >= 11 is 5.75. The monoisotopic (exact) mass is 370 g/mol. The zero-order chi connectivity index (χ0) is 18.7. The van der Waals surface area contributed by atoms with Crippen molar-refractivity contribution in [1.29, 1.82) is 0 Å². The van der Waals surface area contributed by atoms with Crippen LogP contribution in [0.1, 0.15) is 11.1 Å². The summed E-state index contributed by atoms with van der Waals surface area (Å²) in [4.78, 5) is 25.9. The SMILES string of the molecule is Cc1c(-c2ccccc2)oc2c(CN(CCCl)C(N)=O)cccc2c1=O. The van der Waals surface area contributed by atoms with Gasteiger partial charge in [-0.2, -0.15) is 0 Å². The van der Waals surface area contributed by atoms with Crippen LogP contribution in [0.15, 0.2) is 57.7 Å². The van der Waals surface area contributed by atoms with Gasteiger partial charge in [-0.3, -0.25) is 4.79 Å². The highest BCUT2D eigenvalue weighted by atomic mass is 35.5. The summed E-state index contributed by atoms with van der Waals surface area (Å²) in [6.45, 7) is 2.29. The predicted molar refractivity (Wildman–Crippen MR) is 103 cm³/mol. The van der Waals surface area contributed by atoms with Crippen LogP contribution in [-0.2, 0) is 6.54 Å². The van der Waals surface area contributed by atoms with Crippen molar-refractivity contribution in [2.45, 2.75) is 13.5 Å². The molecule has 0 bridgehead atoms. The smallest absolute Gasteiger partial charge is 0.315 e. The second-order valence-electron chi connectivity index (χ2n) is 5.99. The molecule has 3 rings (SSSR count). The zero-order valence-corrected chi connectivity index (χ0v) is 15.1. The number of nitrogens with two attached hydrogens (primary N) is 1. The Morgan fingerprint density at radius 3 is 2.54 bits per heavy atom. The van der Waals surface area contributed by atoms with Crippen LogP contribution in [0.4, 0.5) is 4.79 Å². The van der Waals surface area contributed by atoms with Gasteiger partial charge < -0.3 is 15.1 Å². The highest BCUT2D eigenvalue weighted by Crippen LogP contribution is 2.27. The summed E-state index contributed by atoms with van der Waals surface area (Å²) in [6, 6.07) is 14.2. The van der Waals surface area contributed by atoms with Gasteiger partial charge in [0.15, 0.2) is 5.43 Å². The molecule has 2 N–H and O–H groups in total. The second kappa shape index (κ2) is 7.62. The Bertz CT molecular complexity index is 999. The van der Waals surface area contributed by atoms with Crippen LogP contribution in [0.25, 0.3) is 22.3 Å². The molecule has 0 aliphatic rings. The number of hydrogen-bond donors (Lipinski definition) is 1. The maximum Gasteiger partial charge on any atom is 0.315 e. The minimum absolute atomic E-state index is 0.0880. The van der Waals surface area contributed by atoms with Gasteiger partial charge in [0.1, 0.15) is 11.3 Å². The lowest BCUT2D eigenvalue weighted by Gasteiger charge is -2.20. The van der Waals surface area contributed by atoms with Crippen LogP contribution >= 0.6 is 11.6 Å². The molecule has 0 atom stereocenters. The number of nitrogens with zero attached hydrogens (tertiary/aromatic N) is 1. The lowest BCUT2D eigenvalue weighted by atomic mass is 10.0. The van der Waals surface area contributed by atoms with Crippen molar-refractivity contribution in [3.63, 3.8) is 0 Å². The normalized spacial score (nSPS) is 10.8. The average molecular weight is 371 g/mol. The first kappa shape index (κ1) is 18.0. The molecule has 0 fully saturated rings. The van der Waals surface area contributed by atoms with Crippen molar-refractivity contribution < 1.29 is 9.21 Å². The van der Waals surface area contributed by atoms with Gasteiger partial charge in [-0.15, -0.1) is 11.6 Å². The summed E-state index contributed by atoms with van der Waals surface area (Å²) in [5.41, 5.74) is 7.88. The molecule has 0 saturated carbocycles. The van der Waals surface area contributed by atoms with E-state index >= 15 is 0 Å². The standard InChI is InChI=1S/C20H19ClN2O3/c1-13-17(24)16-9-5-8-15(12-23(11-10-21)20(22)25)19(16)26-18(13)14-6-3-2-4-7-14/h2-9H,10-12H2,1H3,(H2,22,25). The molecule has 2 amide bonds. The number of para-hydroxylation sites is 1. The number of amides is 2. The average Bonchev–Trinajstić information content (AvgIpc) is 2.65. The first-order chi connectivity index (χ1) is 12.5. The van der Waals surface area contributed by atoms with E-state index in [-0.39, 0.29) is 17.9 Å². The lowest BCUT2D eigenvalue weighted by Crippen LogP contribution is -2.36. The Kier molecular flexibility index (Phi) is 5.28. The van der Waals surface area contributed by atoms with Gasteiger partial charge in [0.05, 0.1) is 11.9 Å². The second-order valence-corrected chi connectivity index (χ2v) is 6.37. The first-order valence-electron chi connectivity index (χ1n) is 8.24. The minimum atomic E-state index is -0.569. The molecule has 26 heavy (non-hydrogen) atoms. The number of hydrogen-bond acceptors (Lipinski definition) is 3. The lowest BCUT2D eigenvalue weighted by molar-refractivity contribution is 0.208. The zero-order valence-electron chi connectivity index (χ0n) is 14.4. The van der Waals surface area contributed by atoms with E-state index in [9.17, 15) is 9.59 Å². The fourth-order valence-electron chi connectivity index (χ4n) is 2.93. The molecule has 0 aliphatic heterocycles. The molecule has 134 valence electrons. The van der Waals surface area contributed by atoms with Gasteiger partial charge >= 0.3 is 6.03 Å². The van der Waals surface area contributed by atoms with Crippen LogP contribution in [0, 0.1) is 6.92 Å². The number of urea groups is 1. The molecule has 3 aromatic rings. The summed E-state index contributed by atoms with van der Waals surface area (Å²) in [6.07, 6.45) is 0. The predicted octanol–water partition coefficient (Wildman–Crippen LogP) is 3.89. The number of carbonyl (C=O) groups excluding carboxylic acids is 1. The number of carbonyl (C=O) groups is 1. The van der Waals surface area contributed by atoms with Crippen molar-refractivity contribution >= 4 is 28.6 Å². The maximum atomic E-state index is 12.8. The molecular weight excluding hydrogens is 352 g/mol.